The smallest absolute Gasteiger partial charge is 0.349 e. The van der Waals surface area contributed by atoms with Crippen LogP contribution in [0.3, 0.4) is 0 Å². The molecule has 0 radical (unpaired) electrons. The average molecular weight is 145 g/mol. The van der Waals surface area contributed by atoms with Crippen molar-refractivity contribution in [3.8, 4) is 0 Å². The Morgan fingerprint density at radius 1 is 1.30 bits per heavy atom. The van der Waals surface area contributed by atoms with Gasteiger partial charge in [-0.15, -0.1) is 0 Å². The third kappa shape index (κ3) is 3.62. The Balaban J connectivity index is 3.75. The number of hydrogen-bond donors (Lipinski definition) is 1. The number of nitrogens with two attached hydrogens (primary N) is 1. The van der Waals surface area contributed by atoms with Gasteiger partial charge in [-0.3, -0.25) is 0 Å². The van der Waals surface area contributed by atoms with Crippen molar-refractivity contribution in [2.75, 3.05) is 7.11 Å². The third-order valence-electron chi connectivity index (χ3n) is 0.673. The van der Waals surface area contributed by atoms with Gasteiger partial charge >= 0.3 is 11.9 Å². The van der Waals surface area contributed by atoms with Gasteiger partial charge in [-0.2, -0.15) is 5.90 Å². The minimum absolute atomic E-state index is 0.634. The largest absolute Gasteiger partial charge is 0.466 e. The van der Waals surface area contributed by atoms with E-state index in [1.165, 1.54) is 7.11 Å². The van der Waals surface area contributed by atoms with Gasteiger partial charge in [0.05, 0.1) is 7.11 Å². The molecule has 0 atom stereocenters. The predicted octanol–water partition coefficient (Wildman–Crippen LogP) is -0.868. The fraction of sp³-hybridized carbons (Fsp3) is 0.200. The van der Waals surface area contributed by atoms with Gasteiger partial charge < -0.3 is 9.57 Å². The van der Waals surface area contributed by atoms with E-state index in [4.69, 9.17) is 0 Å². The highest BCUT2D eigenvalue weighted by Crippen LogP contribution is 1.78. The molecule has 10 heavy (non-hydrogen) atoms. The van der Waals surface area contributed by atoms with Gasteiger partial charge in [-0.05, 0) is 0 Å². The van der Waals surface area contributed by atoms with Crippen molar-refractivity contribution in [2.45, 2.75) is 0 Å². The zero-order chi connectivity index (χ0) is 7.98. The molecule has 56 valence electrons. The molecule has 0 fully saturated rings. The number of methoxy groups -OCH3 is 1. The first-order valence-corrected chi connectivity index (χ1v) is 2.37. The van der Waals surface area contributed by atoms with Crippen molar-refractivity contribution in [2.24, 2.45) is 5.90 Å². The Labute approximate surface area is 57.4 Å². The second-order valence-corrected chi connectivity index (χ2v) is 1.29. The molecule has 2 N–H and O–H groups in total. The Hall–Kier alpha value is -1.36. The van der Waals surface area contributed by atoms with Gasteiger partial charge in [-0.1, -0.05) is 0 Å². The number of rotatable bonds is 2. The van der Waals surface area contributed by atoms with Gasteiger partial charge in [0.1, 0.15) is 0 Å². The van der Waals surface area contributed by atoms with Gasteiger partial charge in [-0.25, -0.2) is 9.59 Å². The zero-order valence-corrected chi connectivity index (χ0v) is 5.37. The summed E-state index contributed by atoms with van der Waals surface area (Å²) in [4.78, 5) is 24.2. The van der Waals surface area contributed by atoms with Gasteiger partial charge in [0.2, 0.25) is 0 Å². The van der Waals surface area contributed by atoms with Crippen LogP contribution in [0.15, 0.2) is 12.2 Å². The van der Waals surface area contributed by atoms with Crippen molar-refractivity contribution in [3.63, 3.8) is 0 Å². The maximum Gasteiger partial charge on any atom is 0.349 e. The van der Waals surface area contributed by atoms with Crippen molar-refractivity contribution in [1.29, 1.82) is 0 Å². The molecule has 0 unspecified atom stereocenters. The maximum atomic E-state index is 10.3. The summed E-state index contributed by atoms with van der Waals surface area (Å²) >= 11 is 0. The van der Waals surface area contributed by atoms with Crippen LogP contribution < -0.4 is 5.90 Å². The molecule has 0 aromatic carbocycles. The van der Waals surface area contributed by atoms with Crippen LogP contribution in [0.2, 0.25) is 0 Å². The molecule has 0 aliphatic carbocycles. The van der Waals surface area contributed by atoms with Crippen molar-refractivity contribution in [1.82, 2.24) is 0 Å². The van der Waals surface area contributed by atoms with E-state index in [9.17, 15) is 9.59 Å². The van der Waals surface area contributed by atoms with Crippen LogP contribution in [0.5, 0.6) is 0 Å². The van der Waals surface area contributed by atoms with E-state index < -0.39 is 11.9 Å². The molecule has 0 aliphatic heterocycles. The second-order valence-electron chi connectivity index (χ2n) is 1.29. The van der Waals surface area contributed by atoms with Crippen LogP contribution in [-0.4, -0.2) is 19.0 Å². The van der Waals surface area contributed by atoms with Crippen molar-refractivity contribution >= 4 is 11.9 Å². The third-order valence-corrected chi connectivity index (χ3v) is 0.673. The maximum absolute atomic E-state index is 10.3. The molecule has 0 aromatic rings. The fourth-order valence-electron chi connectivity index (χ4n) is 0.243. The van der Waals surface area contributed by atoms with E-state index in [1.54, 1.807) is 0 Å². The van der Waals surface area contributed by atoms with E-state index in [-0.39, 0.29) is 0 Å². The van der Waals surface area contributed by atoms with E-state index in [0.717, 1.165) is 12.2 Å². The normalized spacial score (nSPS) is 9.40. The van der Waals surface area contributed by atoms with Crippen molar-refractivity contribution in [3.05, 3.63) is 12.2 Å². The Morgan fingerprint density at radius 2 is 1.80 bits per heavy atom. The number of ether oxygens (including phenoxy) is 1. The second kappa shape index (κ2) is 4.51. The SMILES string of the molecule is COC(=O)/C=C\C(=O)ON. The molecule has 0 saturated carbocycles. The number of carbonyl (C=O) groups excluding carboxylic acids is 2. The highest BCUT2D eigenvalue weighted by Gasteiger charge is 1.95. The summed E-state index contributed by atoms with van der Waals surface area (Å²) in [6.07, 6.45) is 1.78. The highest BCUT2D eigenvalue weighted by atomic mass is 16.7. The lowest BCUT2D eigenvalue weighted by Crippen LogP contribution is -2.07. The monoisotopic (exact) mass is 145 g/mol. The van der Waals surface area contributed by atoms with Gasteiger partial charge in [0, 0.05) is 12.2 Å². The minimum atomic E-state index is -0.801. The van der Waals surface area contributed by atoms with Crippen LogP contribution in [0.4, 0.5) is 0 Å². The molecule has 0 bridgehead atoms. The standard InChI is InChI=1S/C5H7NO4/c1-9-4(7)2-3-5(8)10-6/h2-3H,6H2,1H3/b3-2-. The Kier molecular flexibility index (Phi) is 3.90. The molecule has 5 heteroatoms. The summed E-state index contributed by atoms with van der Waals surface area (Å²) in [5.74, 6) is 3.01. The first kappa shape index (κ1) is 8.64. The van der Waals surface area contributed by atoms with E-state index in [2.05, 4.69) is 15.5 Å². The van der Waals surface area contributed by atoms with Crippen molar-refractivity contribution < 1.29 is 19.2 Å². The van der Waals surface area contributed by atoms with Crippen LogP contribution in [0, 0.1) is 0 Å². The van der Waals surface area contributed by atoms with E-state index >= 15 is 0 Å². The lowest BCUT2D eigenvalue weighted by Gasteiger charge is -1.88. The molecule has 0 heterocycles. The molecule has 0 rings (SSSR count). The number of carbonyl (C=O) groups is 2. The molecule has 0 spiro atoms. The van der Waals surface area contributed by atoms with Gasteiger partial charge in [0.15, 0.2) is 0 Å². The lowest BCUT2D eigenvalue weighted by atomic mass is 10.5. The van der Waals surface area contributed by atoms with E-state index in [1.807, 2.05) is 0 Å². The Bertz CT molecular complexity index is 145. The van der Waals surface area contributed by atoms with Crippen LogP contribution >= 0.6 is 0 Å². The summed E-state index contributed by atoms with van der Waals surface area (Å²) in [5.41, 5.74) is 0. The van der Waals surface area contributed by atoms with E-state index in [0.29, 0.717) is 0 Å². The molecule has 0 aliphatic rings. The van der Waals surface area contributed by atoms with Crippen LogP contribution in [0.25, 0.3) is 0 Å². The summed E-state index contributed by atoms with van der Waals surface area (Å²) in [5, 5.41) is 0. The minimum Gasteiger partial charge on any atom is -0.466 e. The summed E-state index contributed by atoms with van der Waals surface area (Å²) in [6, 6.07) is 0. The molecule has 5 nitrogen and oxygen atoms in total. The molecule has 0 aromatic heterocycles. The Morgan fingerprint density at radius 3 is 2.20 bits per heavy atom. The van der Waals surface area contributed by atoms with Gasteiger partial charge in [0.25, 0.3) is 0 Å². The molecular formula is C5H7NO4. The number of esters is 1. The lowest BCUT2D eigenvalue weighted by molar-refractivity contribution is -0.139. The molecule has 0 saturated heterocycles. The quantitative estimate of drug-likeness (QED) is 0.310. The first-order chi connectivity index (χ1) is 4.70. The summed E-state index contributed by atoms with van der Waals surface area (Å²) in [6.45, 7) is 0. The zero-order valence-electron chi connectivity index (χ0n) is 5.37. The average Bonchev–Trinajstić information content (AvgIpc) is 1.99. The molecular weight excluding hydrogens is 138 g/mol. The number of hydrogen-bond acceptors (Lipinski definition) is 5. The molecule has 0 amide bonds. The summed E-state index contributed by atoms with van der Waals surface area (Å²) < 4.78 is 4.17. The van der Waals surface area contributed by atoms with Crippen LogP contribution in [-0.2, 0) is 19.2 Å². The topological polar surface area (TPSA) is 78.6 Å². The fourth-order valence-corrected chi connectivity index (χ4v) is 0.243. The highest BCUT2D eigenvalue weighted by molar-refractivity contribution is 5.91. The van der Waals surface area contributed by atoms with Crippen LogP contribution in [0.1, 0.15) is 0 Å². The first-order valence-electron chi connectivity index (χ1n) is 2.37. The predicted molar refractivity (Wildman–Crippen MR) is 31.4 cm³/mol. The summed E-state index contributed by atoms with van der Waals surface area (Å²) in [7, 11) is 1.19.